The summed E-state index contributed by atoms with van der Waals surface area (Å²) >= 11 is 0. The van der Waals surface area contributed by atoms with Crippen LogP contribution >= 0.6 is 0 Å². The minimum atomic E-state index is 0.150. The molecule has 6 aliphatic carbocycles. The molecule has 5 aromatic carbocycles. The number of carbonyl (C=O) groups excluding carboxylic acids is 2. The topological polar surface area (TPSA) is 43.5 Å². The van der Waals surface area contributed by atoms with Crippen LogP contribution < -0.4 is 0 Å². The molecule has 0 aliphatic heterocycles. The smallest absolute Gasteiger partial charge is 0.166 e. The van der Waals surface area contributed by atoms with E-state index in [9.17, 15) is 9.59 Å². The van der Waals surface area contributed by atoms with Crippen LogP contribution in [0, 0.1) is 11.8 Å². The average molecular weight is 623 g/mol. The average Bonchev–Trinajstić information content (AvgIpc) is 3.64. The van der Waals surface area contributed by atoms with E-state index in [4.69, 9.17) is 0 Å². The van der Waals surface area contributed by atoms with Gasteiger partial charge in [0.15, 0.2) is 11.6 Å². The fraction of sp³-hybridized carbons (Fsp3) is 0.273. The number of carbonyl (C=O) groups is 2. The van der Waals surface area contributed by atoms with Crippen LogP contribution in [0.4, 0.5) is 0 Å². The third-order valence-electron chi connectivity index (χ3n) is 13.2. The molecule has 6 aliphatic rings. The SMILES string of the molecule is O=C1c2cc3c(cc2C2CCC1CC2)c1cc(-n2c4ccccc4c4ccccc42)cc2c4cc5c(cc4n3c12)C(=O)C1CCC5CC1. The van der Waals surface area contributed by atoms with Crippen molar-refractivity contribution in [3.63, 3.8) is 0 Å². The Morgan fingerprint density at radius 3 is 1.35 bits per heavy atom. The summed E-state index contributed by atoms with van der Waals surface area (Å²) in [6.45, 7) is 0. The lowest BCUT2D eigenvalue weighted by Crippen LogP contribution is -2.15. The maximum Gasteiger partial charge on any atom is 0.166 e. The Morgan fingerprint density at radius 2 is 0.875 bits per heavy atom. The highest BCUT2D eigenvalue weighted by Gasteiger charge is 2.38. The van der Waals surface area contributed by atoms with Gasteiger partial charge in [-0.05, 0) is 123 Å². The van der Waals surface area contributed by atoms with Gasteiger partial charge in [-0.1, -0.05) is 36.4 Å². The van der Waals surface area contributed by atoms with E-state index in [1.54, 1.807) is 0 Å². The lowest BCUT2D eigenvalue weighted by atomic mass is 9.82. The summed E-state index contributed by atoms with van der Waals surface area (Å²) in [5.41, 5.74) is 11.3. The van der Waals surface area contributed by atoms with Crippen molar-refractivity contribution in [1.82, 2.24) is 8.97 Å². The number of nitrogens with zero attached hydrogens (tertiary/aromatic N) is 2. The highest BCUT2D eigenvalue weighted by molar-refractivity contribution is 6.26. The summed E-state index contributed by atoms with van der Waals surface area (Å²) in [6.07, 6.45) is 8.43. The van der Waals surface area contributed by atoms with Crippen LogP contribution in [-0.2, 0) is 0 Å². The molecular formula is C44H34N2O2. The van der Waals surface area contributed by atoms with Crippen LogP contribution in [-0.4, -0.2) is 20.5 Å². The van der Waals surface area contributed by atoms with Crippen molar-refractivity contribution in [2.75, 3.05) is 0 Å². The number of ketones is 2. The van der Waals surface area contributed by atoms with Crippen LogP contribution in [0.1, 0.15) is 95.0 Å². The highest BCUT2D eigenvalue weighted by Crippen LogP contribution is 2.50. The molecule has 0 amide bonds. The van der Waals surface area contributed by atoms with Crippen molar-refractivity contribution in [3.8, 4) is 5.69 Å². The van der Waals surface area contributed by atoms with Crippen molar-refractivity contribution >= 4 is 71.5 Å². The first kappa shape index (κ1) is 26.0. The zero-order valence-corrected chi connectivity index (χ0v) is 26.8. The normalized spacial score (nSPS) is 23.7. The monoisotopic (exact) mass is 622 g/mol. The van der Waals surface area contributed by atoms with Gasteiger partial charge in [0.1, 0.15) is 0 Å². The third kappa shape index (κ3) is 3.13. The molecule has 3 aromatic heterocycles. The maximum absolute atomic E-state index is 14.0. The highest BCUT2D eigenvalue weighted by atomic mass is 16.1. The zero-order chi connectivity index (χ0) is 31.4. The van der Waals surface area contributed by atoms with Crippen LogP contribution in [0.5, 0.6) is 0 Å². The summed E-state index contributed by atoms with van der Waals surface area (Å²) in [4.78, 5) is 27.9. The number of rotatable bonds is 1. The summed E-state index contributed by atoms with van der Waals surface area (Å²) < 4.78 is 4.84. The minimum Gasteiger partial charge on any atom is -0.309 e. The van der Waals surface area contributed by atoms with Crippen LogP contribution in [0.3, 0.4) is 0 Å². The molecule has 4 nitrogen and oxygen atoms in total. The van der Waals surface area contributed by atoms with Crippen LogP contribution in [0.15, 0.2) is 84.9 Å². The number of benzene rings is 5. The predicted octanol–water partition coefficient (Wildman–Crippen LogP) is 10.9. The quantitative estimate of drug-likeness (QED) is 0.183. The molecule has 0 radical (unpaired) electrons. The van der Waals surface area contributed by atoms with Crippen molar-refractivity contribution < 1.29 is 9.59 Å². The van der Waals surface area contributed by atoms with Crippen LogP contribution in [0.2, 0.25) is 0 Å². The fourth-order valence-electron chi connectivity index (χ4n) is 10.9. The van der Waals surface area contributed by atoms with Crippen molar-refractivity contribution in [2.45, 2.75) is 63.2 Å². The number of hydrogen-bond donors (Lipinski definition) is 0. The molecule has 0 saturated heterocycles. The predicted molar refractivity (Wildman–Crippen MR) is 193 cm³/mol. The van der Waals surface area contributed by atoms with Gasteiger partial charge >= 0.3 is 0 Å². The molecule has 2 saturated carbocycles. The van der Waals surface area contributed by atoms with E-state index < -0.39 is 0 Å². The summed E-state index contributed by atoms with van der Waals surface area (Å²) in [7, 11) is 0. The maximum atomic E-state index is 14.0. The molecule has 0 spiro atoms. The summed E-state index contributed by atoms with van der Waals surface area (Å²) in [5, 5.41) is 7.41. The van der Waals surface area contributed by atoms with Gasteiger partial charge in [-0.2, -0.15) is 0 Å². The van der Waals surface area contributed by atoms with E-state index >= 15 is 0 Å². The standard InChI is InChI=1S/C44H34N2O2/c47-43-25-13-9-23(10-14-25)30-19-32-34-17-27(45-38-7-3-1-5-28(38)29-6-2-4-8-39(29)45)18-35-33-20-31-24-11-15-26(16-12-24)44(48)37(31)22-41(33)46(42(34)35)40(32)21-36(30)43/h1-8,17-26H,9-16H2. The molecule has 232 valence electrons. The Morgan fingerprint density at radius 1 is 0.438 bits per heavy atom. The van der Waals surface area contributed by atoms with Gasteiger partial charge in [-0.25, -0.2) is 0 Å². The largest absolute Gasteiger partial charge is 0.309 e. The van der Waals surface area contributed by atoms with Gasteiger partial charge in [0.25, 0.3) is 0 Å². The number of aromatic nitrogens is 2. The Labute approximate surface area is 277 Å². The second kappa shape index (κ2) is 8.93. The van der Waals surface area contributed by atoms with E-state index in [2.05, 4.69) is 93.9 Å². The molecule has 0 unspecified atom stereocenters. The van der Waals surface area contributed by atoms with Gasteiger partial charge < -0.3 is 8.97 Å². The van der Waals surface area contributed by atoms with E-state index in [1.165, 1.54) is 60.0 Å². The van der Waals surface area contributed by atoms with Crippen molar-refractivity contribution in [1.29, 1.82) is 0 Å². The molecule has 4 heteroatoms. The second-order valence-electron chi connectivity index (χ2n) is 15.3. The lowest BCUT2D eigenvalue weighted by Gasteiger charge is -2.22. The van der Waals surface area contributed by atoms with Crippen molar-refractivity contribution in [2.24, 2.45) is 11.8 Å². The van der Waals surface area contributed by atoms with Crippen LogP contribution in [0.25, 0.3) is 65.6 Å². The summed E-state index contributed by atoms with van der Waals surface area (Å²) in [5.74, 6) is 1.87. The van der Waals surface area contributed by atoms with E-state index in [1.807, 2.05) is 0 Å². The number of Topliss-reactive ketones (excluding diaryl/α,β-unsaturated/α-hetero) is 2. The number of para-hydroxylation sites is 2. The Bertz CT molecular complexity index is 2560. The molecule has 0 N–H and O–H groups in total. The molecule has 2 fully saturated rings. The van der Waals surface area contributed by atoms with Gasteiger partial charge in [-0.15, -0.1) is 0 Å². The number of hydrogen-bond acceptors (Lipinski definition) is 2. The first-order valence-corrected chi connectivity index (χ1v) is 18.0. The summed E-state index contributed by atoms with van der Waals surface area (Å²) in [6, 6.07) is 31.5. The van der Waals surface area contributed by atoms with E-state index in [-0.39, 0.29) is 11.8 Å². The molecule has 4 bridgehead atoms. The molecule has 14 rings (SSSR count). The molecule has 48 heavy (non-hydrogen) atoms. The lowest BCUT2D eigenvalue weighted by molar-refractivity contribution is 0.0891. The Balaban J connectivity index is 1.26. The van der Waals surface area contributed by atoms with Gasteiger partial charge in [0, 0.05) is 61.0 Å². The first-order chi connectivity index (χ1) is 23.6. The molecule has 0 atom stereocenters. The van der Waals surface area contributed by atoms with Crippen molar-refractivity contribution in [3.05, 3.63) is 107 Å². The van der Waals surface area contributed by atoms with Gasteiger partial charge in [0.05, 0.1) is 27.6 Å². The fourth-order valence-corrected chi connectivity index (χ4v) is 10.9. The van der Waals surface area contributed by atoms with Gasteiger partial charge in [0.2, 0.25) is 0 Å². The Hall–Kier alpha value is -4.96. The second-order valence-corrected chi connectivity index (χ2v) is 15.3. The molecule has 3 heterocycles. The van der Waals surface area contributed by atoms with E-state index in [0.29, 0.717) is 23.4 Å². The number of fused-ring (bicyclic) bond motifs is 13. The van der Waals surface area contributed by atoms with Gasteiger partial charge in [-0.3, -0.25) is 9.59 Å². The molecule has 8 aromatic rings. The Kier molecular flexibility index (Phi) is 4.85. The third-order valence-corrected chi connectivity index (χ3v) is 13.2. The zero-order valence-electron chi connectivity index (χ0n) is 26.8. The molecular weight excluding hydrogens is 588 g/mol. The minimum absolute atomic E-state index is 0.150. The van der Waals surface area contributed by atoms with E-state index in [0.717, 1.165) is 79.2 Å². The first-order valence-electron chi connectivity index (χ1n) is 18.0.